The van der Waals surface area contributed by atoms with E-state index in [1.807, 2.05) is 19.0 Å². The molecule has 5 nitrogen and oxygen atoms in total. The molecular weight excluding hydrogens is 278 g/mol. The first-order chi connectivity index (χ1) is 8.30. The minimum absolute atomic E-state index is 0.0472. The molecule has 0 aliphatic heterocycles. The highest BCUT2D eigenvalue weighted by atomic mass is 35.7. The number of ether oxygens (including phenoxy) is 1. The van der Waals surface area contributed by atoms with Crippen molar-refractivity contribution in [2.24, 2.45) is 0 Å². The molecule has 0 heterocycles. The maximum absolute atomic E-state index is 11.6. The summed E-state index contributed by atoms with van der Waals surface area (Å²) >= 11 is 0. The first-order valence-electron chi connectivity index (χ1n) is 5.17. The highest BCUT2D eigenvalue weighted by Crippen LogP contribution is 2.15. The van der Waals surface area contributed by atoms with E-state index in [9.17, 15) is 13.2 Å². The Morgan fingerprint density at radius 3 is 2.28 bits per heavy atom. The summed E-state index contributed by atoms with van der Waals surface area (Å²) in [4.78, 5) is 13.4. The van der Waals surface area contributed by atoms with E-state index in [2.05, 4.69) is 0 Å². The second kappa shape index (κ2) is 6.17. The van der Waals surface area contributed by atoms with Crippen LogP contribution >= 0.6 is 10.7 Å². The quantitative estimate of drug-likeness (QED) is 0.605. The minimum atomic E-state index is -3.76. The second-order valence-electron chi connectivity index (χ2n) is 3.90. The largest absolute Gasteiger partial charge is 0.461 e. The molecule has 0 saturated carbocycles. The number of esters is 1. The van der Waals surface area contributed by atoms with E-state index in [0.29, 0.717) is 6.54 Å². The number of carbonyl (C=O) groups excluding carboxylic acids is 1. The molecule has 0 aromatic heterocycles. The Morgan fingerprint density at radius 1 is 1.28 bits per heavy atom. The van der Waals surface area contributed by atoms with Crippen molar-refractivity contribution in [3.8, 4) is 0 Å². The number of nitrogens with zero attached hydrogens (tertiary/aromatic N) is 1. The Bertz CT molecular complexity index is 510. The molecule has 0 fully saturated rings. The number of rotatable bonds is 5. The summed E-state index contributed by atoms with van der Waals surface area (Å²) < 4.78 is 27.0. The molecule has 1 aromatic rings. The molecule has 0 unspecified atom stereocenters. The summed E-state index contributed by atoms with van der Waals surface area (Å²) in [5.41, 5.74) is 0.290. The average molecular weight is 292 g/mol. The zero-order chi connectivity index (χ0) is 13.8. The van der Waals surface area contributed by atoms with Crippen molar-refractivity contribution in [2.45, 2.75) is 4.90 Å². The molecule has 1 rings (SSSR count). The van der Waals surface area contributed by atoms with Gasteiger partial charge in [-0.15, -0.1) is 0 Å². The lowest BCUT2D eigenvalue weighted by Gasteiger charge is -2.09. The van der Waals surface area contributed by atoms with E-state index in [1.54, 1.807) is 0 Å². The molecule has 0 radical (unpaired) electrons. The Kier molecular flexibility index (Phi) is 5.13. The van der Waals surface area contributed by atoms with Crippen molar-refractivity contribution in [2.75, 3.05) is 27.2 Å². The normalized spacial score (nSPS) is 11.6. The van der Waals surface area contributed by atoms with Crippen molar-refractivity contribution in [3.05, 3.63) is 29.8 Å². The van der Waals surface area contributed by atoms with Crippen LogP contribution in [0.25, 0.3) is 0 Å². The smallest absolute Gasteiger partial charge is 0.338 e. The summed E-state index contributed by atoms with van der Waals surface area (Å²) in [5.74, 6) is -0.490. The minimum Gasteiger partial charge on any atom is -0.461 e. The lowest BCUT2D eigenvalue weighted by Crippen LogP contribution is -2.20. The molecule has 0 N–H and O–H groups in total. The Labute approximate surface area is 111 Å². The first-order valence-corrected chi connectivity index (χ1v) is 7.48. The van der Waals surface area contributed by atoms with Crippen molar-refractivity contribution in [1.29, 1.82) is 0 Å². The van der Waals surface area contributed by atoms with Crippen molar-refractivity contribution in [3.63, 3.8) is 0 Å². The Hall–Kier alpha value is -1.11. The van der Waals surface area contributed by atoms with Crippen LogP contribution in [0.5, 0.6) is 0 Å². The fourth-order valence-electron chi connectivity index (χ4n) is 1.16. The van der Waals surface area contributed by atoms with Gasteiger partial charge in [-0.2, -0.15) is 0 Å². The van der Waals surface area contributed by atoms with Crippen LogP contribution < -0.4 is 0 Å². The van der Waals surface area contributed by atoms with Crippen LogP contribution in [0, 0.1) is 0 Å². The van der Waals surface area contributed by atoms with Gasteiger partial charge in [0, 0.05) is 17.2 Å². The van der Waals surface area contributed by atoms with Crippen LogP contribution in [0.3, 0.4) is 0 Å². The maximum Gasteiger partial charge on any atom is 0.338 e. The number of halogens is 1. The maximum atomic E-state index is 11.6. The predicted molar refractivity (Wildman–Crippen MR) is 68.3 cm³/mol. The van der Waals surface area contributed by atoms with Gasteiger partial charge in [0.05, 0.1) is 10.5 Å². The van der Waals surface area contributed by atoms with Gasteiger partial charge < -0.3 is 9.64 Å². The van der Waals surface area contributed by atoms with E-state index in [0.717, 1.165) is 0 Å². The van der Waals surface area contributed by atoms with E-state index in [-0.39, 0.29) is 17.1 Å². The lowest BCUT2D eigenvalue weighted by atomic mass is 10.2. The van der Waals surface area contributed by atoms with E-state index in [4.69, 9.17) is 15.4 Å². The molecule has 0 spiro atoms. The molecular formula is C11H14ClNO4S. The monoisotopic (exact) mass is 291 g/mol. The van der Waals surface area contributed by atoms with Crippen molar-refractivity contribution in [1.82, 2.24) is 4.90 Å². The molecule has 0 saturated heterocycles. The zero-order valence-corrected chi connectivity index (χ0v) is 11.7. The summed E-state index contributed by atoms with van der Waals surface area (Å²) in [7, 11) is 5.14. The Morgan fingerprint density at radius 2 is 1.83 bits per heavy atom. The lowest BCUT2D eigenvalue weighted by molar-refractivity contribution is 0.0481. The topological polar surface area (TPSA) is 63.7 Å². The average Bonchev–Trinajstić information content (AvgIpc) is 2.27. The molecule has 0 amide bonds. The highest BCUT2D eigenvalue weighted by Gasteiger charge is 2.12. The van der Waals surface area contributed by atoms with Gasteiger partial charge in [-0.05, 0) is 38.4 Å². The number of benzene rings is 1. The van der Waals surface area contributed by atoms with Crippen molar-refractivity contribution < 1.29 is 17.9 Å². The van der Waals surface area contributed by atoms with Gasteiger partial charge in [0.2, 0.25) is 0 Å². The molecule has 7 heteroatoms. The van der Waals surface area contributed by atoms with Gasteiger partial charge in [0.25, 0.3) is 9.05 Å². The van der Waals surface area contributed by atoms with E-state index in [1.165, 1.54) is 24.3 Å². The van der Waals surface area contributed by atoms with E-state index < -0.39 is 15.0 Å². The molecule has 18 heavy (non-hydrogen) atoms. The molecule has 0 bridgehead atoms. The molecule has 0 aliphatic carbocycles. The van der Waals surface area contributed by atoms with Gasteiger partial charge in [-0.25, -0.2) is 13.2 Å². The molecule has 100 valence electrons. The van der Waals surface area contributed by atoms with Crippen LogP contribution in [0.15, 0.2) is 29.2 Å². The van der Waals surface area contributed by atoms with Gasteiger partial charge in [-0.3, -0.25) is 0 Å². The summed E-state index contributed by atoms with van der Waals surface area (Å²) in [6.07, 6.45) is 0. The van der Waals surface area contributed by atoms with Crippen LogP contribution in [0.2, 0.25) is 0 Å². The zero-order valence-electron chi connectivity index (χ0n) is 10.1. The van der Waals surface area contributed by atoms with Crippen LogP contribution in [-0.4, -0.2) is 46.5 Å². The van der Waals surface area contributed by atoms with Gasteiger partial charge in [0.15, 0.2) is 0 Å². The third kappa shape index (κ3) is 4.64. The molecule has 0 aliphatic rings. The number of carbonyl (C=O) groups is 1. The number of hydrogen-bond acceptors (Lipinski definition) is 5. The highest BCUT2D eigenvalue weighted by molar-refractivity contribution is 8.13. The van der Waals surface area contributed by atoms with Gasteiger partial charge >= 0.3 is 5.97 Å². The summed E-state index contributed by atoms with van der Waals surface area (Å²) in [6.45, 7) is 0.904. The fraction of sp³-hybridized carbons (Fsp3) is 0.364. The molecule has 0 atom stereocenters. The first kappa shape index (κ1) is 14.9. The van der Waals surface area contributed by atoms with Crippen LogP contribution in [-0.2, 0) is 13.8 Å². The van der Waals surface area contributed by atoms with Crippen LogP contribution in [0.1, 0.15) is 10.4 Å². The van der Waals surface area contributed by atoms with Crippen molar-refractivity contribution >= 4 is 25.7 Å². The van der Waals surface area contributed by atoms with Gasteiger partial charge in [-0.1, -0.05) is 0 Å². The summed E-state index contributed by atoms with van der Waals surface area (Å²) in [5, 5.41) is 0. The SMILES string of the molecule is CN(C)CCOC(=O)c1ccc(S(=O)(=O)Cl)cc1. The number of hydrogen-bond donors (Lipinski definition) is 0. The standard InChI is InChI=1S/C11H14ClNO4S/c1-13(2)7-8-17-11(14)9-3-5-10(6-4-9)18(12,15)16/h3-6H,7-8H2,1-2H3. The third-order valence-electron chi connectivity index (χ3n) is 2.14. The summed E-state index contributed by atoms with van der Waals surface area (Å²) in [6, 6.07) is 5.27. The fourth-order valence-corrected chi connectivity index (χ4v) is 1.93. The predicted octanol–water partition coefficient (Wildman–Crippen LogP) is 1.33. The molecule has 1 aromatic carbocycles. The van der Waals surface area contributed by atoms with Gasteiger partial charge in [0.1, 0.15) is 6.61 Å². The number of likely N-dealkylation sites (N-methyl/N-ethyl adjacent to an activating group) is 1. The van der Waals surface area contributed by atoms with E-state index >= 15 is 0 Å². The second-order valence-corrected chi connectivity index (χ2v) is 6.47. The third-order valence-corrected chi connectivity index (χ3v) is 3.51. The Balaban J connectivity index is 2.65. The van der Waals surface area contributed by atoms with Crippen LogP contribution in [0.4, 0.5) is 0 Å².